The fourth-order valence-electron chi connectivity index (χ4n) is 4.79. The van der Waals surface area contributed by atoms with E-state index in [2.05, 4.69) is 19.7 Å². The van der Waals surface area contributed by atoms with Gasteiger partial charge in [0.1, 0.15) is 11.5 Å². The second-order valence-corrected chi connectivity index (χ2v) is 9.43. The summed E-state index contributed by atoms with van der Waals surface area (Å²) in [5.41, 5.74) is 11.2. The zero-order valence-electron chi connectivity index (χ0n) is 18.0. The number of aliphatic hydroxyl groups is 1. The minimum Gasteiger partial charge on any atom is -0.393 e. The summed E-state index contributed by atoms with van der Waals surface area (Å²) in [7, 11) is 0. The van der Waals surface area contributed by atoms with Gasteiger partial charge in [0, 0.05) is 50.8 Å². The molecule has 1 saturated carbocycles. The van der Waals surface area contributed by atoms with Crippen LogP contribution in [0.3, 0.4) is 0 Å². The van der Waals surface area contributed by atoms with E-state index in [4.69, 9.17) is 28.9 Å². The van der Waals surface area contributed by atoms with Crippen molar-refractivity contribution in [2.75, 3.05) is 0 Å². The van der Waals surface area contributed by atoms with Crippen molar-refractivity contribution in [1.82, 2.24) is 19.7 Å². The summed E-state index contributed by atoms with van der Waals surface area (Å²) in [6.45, 7) is 2.05. The van der Waals surface area contributed by atoms with Crippen molar-refractivity contribution < 1.29 is 9.50 Å². The minimum atomic E-state index is -0.732. The average Bonchev–Trinajstić information content (AvgIpc) is 3.40. The van der Waals surface area contributed by atoms with Gasteiger partial charge in [-0.2, -0.15) is 5.10 Å². The molecule has 1 atom stereocenters. The first-order valence-corrected chi connectivity index (χ1v) is 11.7. The monoisotopic (exact) mass is 487 g/mol. The maximum absolute atomic E-state index is 14.1. The number of nitrogens with two attached hydrogens (primary N) is 1. The summed E-state index contributed by atoms with van der Waals surface area (Å²) in [4.78, 5) is 7.70. The van der Waals surface area contributed by atoms with Gasteiger partial charge in [-0.25, -0.2) is 9.37 Å². The fourth-order valence-corrected chi connectivity index (χ4v) is 5.40. The third-order valence-corrected chi connectivity index (χ3v) is 7.37. The van der Waals surface area contributed by atoms with Crippen molar-refractivity contribution in [3.63, 3.8) is 0 Å². The zero-order valence-corrected chi connectivity index (χ0v) is 19.5. The van der Waals surface area contributed by atoms with E-state index in [9.17, 15) is 9.50 Å². The van der Waals surface area contributed by atoms with Gasteiger partial charge >= 0.3 is 0 Å². The molecule has 1 aliphatic rings. The second kappa shape index (κ2) is 8.72. The Labute approximate surface area is 200 Å². The SMILES string of the molecule is Cc1c(-c2cnc3[nH]cc(C(N)c4c(Cl)ccc(F)c4Cl)c3c2)cnn1C1CCC(O)CC1. The molecule has 9 heteroatoms. The minimum absolute atomic E-state index is 0.0804. The first-order valence-electron chi connectivity index (χ1n) is 10.9. The van der Waals surface area contributed by atoms with Crippen LogP contribution in [-0.2, 0) is 0 Å². The highest BCUT2D eigenvalue weighted by atomic mass is 35.5. The molecule has 1 unspecified atom stereocenters. The quantitative estimate of drug-likeness (QED) is 0.321. The Balaban J connectivity index is 1.53. The first-order chi connectivity index (χ1) is 15.8. The van der Waals surface area contributed by atoms with Crippen LogP contribution in [0.1, 0.15) is 54.6 Å². The van der Waals surface area contributed by atoms with Crippen molar-refractivity contribution in [2.45, 2.75) is 50.8 Å². The van der Waals surface area contributed by atoms with Gasteiger partial charge in [0.05, 0.1) is 29.4 Å². The standard InChI is InChI=1S/C24H24Cl2FN5O/c1-12-17(11-31-32(12)14-2-4-15(33)5-3-14)13-8-16-18(10-30-24(16)29-9-13)23(28)21-19(25)6-7-20(27)22(21)26/h6-11,14-15,23,33H,2-5,28H2,1H3,(H,29,30). The molecule has 5 rings (SSSR count). The number of hydrogen-bond donors (Lipinski definition) is 3. The summed E-state index contributed by atoms with van der Waals surface area (Å²) < 4.78 is 16.1. The Hall–Kier alpha value is -2.45. The molecule has 0 amide bonds. The van der Waals surface area contributed by atoms with Crippen LogP contribution >= 0.6 is 23.2 Å². The van der Waals surface area contributed by atoms with E-state index < -0.39 is 11.9 Å². The maximum Gasteiger partial charge on any atom is 0.142 e. The second-order valence-electron chi connectivity index (χ2n) is 8.65. The normalized spacial score (nSPS) is 19.8. The number of halogens is 3. The predicted octanol–water partition coefficient (Wildman–Crippen LogP) is 5.70. The van der Waals surface area contributed by atoms with Crippen LogP contribution < -0.4 is 5.73 Å². The predicted molar refractivity (Wildman–Crippen MR) is 128 cm³/mol. The lowest BCUT2D eigenvalue weighted by atomic mass is 9.93. The lowest BCUT2D eigenvalue weighted by molar-refractivity contribution is 0.107. The molecule has 33 heavy (non-hydrogen) atoms. The number of aromatic amines is 1. The van der Waals surface area contributed by atoms with Gasteiger partial charge in [-0.3, -0.25) is 4.68 Å². The number of nitrogens with one attached hydrogen (secondary N) is 1. The first kappa shape index (κ1) is 22.3. The average molecular weight is 488 g/mol. The zero-order chi connectivity index (χ0) is 23.3. The Morgan fingerprint density at radius 3 is 2.73 bits per heavy atom. The Morgan fingerprint density at radius 2 is 1.97 bits per heavy atom. The van der Waals surface area contributed by atoms with E-state index in [1.54, 1.807) is 12.4 Å². The molecule has 3 heterocycles. The maximum atomic E-state index is 14.1. The summed E-state index contributed by atoms with van der Waals surface area (Å²) in [5, 5.41) is 15.5. The number of benzene rings is 1. The van der Waals surface area contributed by atoms with Crippen LogP contribution in [0, 0.1) is 12.7 Å². The van der Waals surface area contributed by atoms with Crippen LogP contribution in [0.25, 0.3) is 22.2 Å². The third-order valence-electron chi connectivity index (χ3n) is 6.66. The summed E-state index contributed by atoms with van der Waals surface area (Å²) in [6, 6.07) is 4.24. The number of aromatic nitrogens is 4. The van der Waals surface area contributed by atoms with Crippen molar-refractivity contribution in [3.8, 4) is 11.1 Å². The number of H-pyrrole nitrogens is 1. The molecule has 1 aliphatic carbocycles. The number of aliphatic hydroxyl groups excluding tert-OH is 1. The summed E-state index contributed by atoms with van der Waals surface area (Å²) in [5.74, 6) is -0.566. The van der Waals surface area contributed by atoms with E-state index in [0.29, 0.717) is 16.2 Å². The Kier molecular flexibility index (Phi) is 5.91. The molecule has 0 aliphatic heterocycles. The molecular formula is C24H24Cl2FN5O. The Morgan fingerprint density at radius 1 is 1.21 bits per heavy atom. The molecule has 4 aromatic rings. The molecule has 0 spiro atoms. The van der Waals surface area contributed by atoms with E-state index in [1.807, 2.05) is 19.2 Å². The Bertz CT molecular complexity index is 1330. The molecule has 172 valence electrons. The van der Waals surface area contributed by atoms with Gasteiger partial charge < -0.3 is 15.8 Å². The molecule has 1 fully saturated rings. The molecule has 0 radical (unpaired) electrons. The third kappa shape index (κ3) is 3.93. The molecule has 0 bridgehead atoms. The van der Waals surface area contributed by atoms with Gasteiger partial charge in [0.2, 0.25) is 0 Å². The highest BCUT2D eigenvalue weighted by Crippen LogP contribution is 2.38. The van der Waals surface area contributed by atoms with Crippen LogP contribution in [-0.4, -0.2) is 31.0 Å². The van der Waals surface area contributed by atoms with E-state index in [-0.39, 0.29) is 17.2 Å². The summed E-state index contributed by atoms with van der Waals surface area (Å²) >= 11 is 12.5. The van der Waals surface area contributed by atoms with Crippen LogP contribution in [0.5, 0.6) is 0 Å². The summed E-state index contributed by atoms with van der Waals surface area (Å²) in [6.07, 6.45) is 8.61. The van der Waals surface area contributed by atoms with Crippen molar-refractivity contribution in [3.05, 3.63) is 69.5 Å². The molecule has 0 saturated heterocycles. The molecule has 4 N–H and O–H groups in total. The molecule has 1 aromatic carbocycles. The van der Waals surface area contributed by atoms with Gasteiger partial charge in [-0.05, 0) is 50.8 Å². The number of pyridine rings is 1. The topological polar surface area (TPSA) is 92.8 Å². The van der Waals surface area contributed by atoms with Gasteiger partial charge in [-0.15, -0.1) is 0 Å². The van der Waals surface area contributed by atoms with E-state index in [0.717, 1.165) is 53.5 Å². The number of fused-ring (bicyclic) bond motifs is 1. The van der Waals surface area contributed by atoms with Crippen molar-refractivity contribution in [1.29, 1.82) is 0 Å². The smallest absolute Gasteiger partial charge is 0.142 e. The fraction of sp³-hybridized carbons (Fsp3) is 0.333. The lowest BCUT2D eigenvalue weighted by Gasteiger charge is -2.26. The van der Waals surface area contributed by atoms with Crippen molar-refractivity contribution >= 4 is 34.2 Å². The van der Waals surface area contributed by atoms with Gasteiger partial charge in [0.25, 0.3) is 0 Å². The van der Waals surface area contributed by atoms with Crippen LogP contribution in [0.15, 0.2) is 36.8 Å². The molecular weight excluding hydrogens is 464 g/mol. The largest absolute Gasteiger partial charge is 0.393 e. The molecule has 6 nitrogen and oxygen atoms in total. The van der Waals surface area contributed by atoms with Gasteiger partial charge in [0.15, 0.2) is 0 Å². The van der Waals surface area contributed by atoms with Crippen molar-refractivity contribution in [2.24, 2.45) is 5.73 Å². The highest BCUT2D eigenvalue weighted by Gasteiger charge is 2.25. The highest BCUT2D eigenvalue weighted by molar-refractivity contribution is 6.36. The van der Waals surface area contributed by atoms with E-state index in [1.165, 1.54) is 12.1 Å². The van der Waals surface area contributed by atoms with Crippen LogP contribution in [0.2, 0.25) is 10.0 Å². The molecule has 3 aromatic heterocycles. The van der Waals surface area contributed by atoms with Crippen LogP contribution in [0.4, 0.5) is 4.39 Å². The van der Waals surface area contributed by atoms with E-state index >= 15 is 0 Å². The number of rotatable bonds is 4. The number of nitrogens with zero attached hydrogens (tertiary/aromatic N) is 3. The lowest BCUT2D eigenvalue weighted by Crippen LogP contribution is -2.22. The number of hydrogen-bond acceptors (Lipinski definition) is 4. The van der Waals surface area contributed by atoms with Gasteiger partial charge in [-0.1, -0.05) is 23.2 Å².